The highest BCUT2D eigenvalue weighted by atomic mass is 32.1. The van der Waals surface area contributed by atoms with Gasteiger partial charge in [0.05, 0.1) is 11.1 Å². The highest BCUT2D eigenvalue weighted by Crippen LogP contribution is 2.38. The Hall–Kier alpha value is -3.26. The molecule has 0 saturated heterocycles. The van der Waals surface area contributed by atoms with E-state index >= 15 is 0 Å². The number of pyridine rings is 1. The summed E-state index contributed by atoms with van der Waals surface area (Å²) in [5.74, 6) is -0.629. The minimum atomic E-state index is -0.401. The van der Waals surface area contributed by atoms with Gasteiger partial charge in [0.25, 0.3) is 11.5 Å². The number of carbonyl (C=O) groups is 2. The van der Waals surface area contributed by atoms with Crippen molar-refractivity contribution >= 4 is 28.3 Å². The maximum atomic E-state index is 13.0. The van der Waals surface area contributed by atoms with Crippen LogP contribution in [-0.2, 0) is 16.9 Å². The molecule has 1 aromatic carbocycles. The van der Waals surface area contributed by atoms with Crippen LogP contribution < -0.4 is 16.2 Å². The third-order valence-electron chi connectivity index (χ3n) is 5.37. The molecule has 1 saturated carbocycles. The maximum Gasteiger partial charge on any atom is 0.253 e. The Balaban J connectivity index is 1.52. The number of amides is 2. The van der Waals surface area contributed by atoms with E-state index in [1.54, 1.807) is 11.6 Å². The van der Waals surface area contributed by atoms with E-state index in [0.29, 0.717) is 10.7 Å². The van der Waals surface area contributed by atoms with Crippen LogP contribution in [0.2, 0.25) is 0 Å². The summed E-state index contributed by atoms with van der Waals surface area (Å²) in [6.45, 7) is -0.191. The fraction of sp³-hybridized carbons (Fsp3) is 0.273. The van der Waals surface area contributed by atoms with Gasteiger partial charge in [-0.25, -0.2) is 4.98 Å². The van der Waals surface area contributed by atoms with E-state index in [0.717, 1.165) is 31.2 Å². The lowest BCUT2D eigenvalue weighted by Crippen LogP contribution is -2.44. The fourth-order valence-corrected chi connectivity index (χ4v) is 4.44. The SMILES string of the molecule is O=C(Cn1cc(C(=O)NC2(c3ccccc3)CCCC2)ccc1=O)Nc1nccs1. The molecule has 8 heteroatoms. The first kappa shape index (κ1) is 20.0. The molecule has 1 fully saturated rings. The van der Waals surface area contributed by atoms with Gasteiger partial charge in [0.2, 0.25) is 5.91 Å². The highest BCUT2D eigenvalue weighted by Gasteiger charge is 2.37. The third kappa shape index (κ3) is 4.33. The van der Waals surface area contributed by atoms with Gasteiger partial charge in [0, 0.05) is 23.8 Å². The lowest BCUT2D eigenvalue weighted by Gasteiger charge is -2.31. The van der Waals surface area contributed by atoms with Crippen LogP contribution in [0.5, 0.6) is 0 Å². The van der Waals surface area contributed by atoms with Gasteiger partial charge in [0.15, 0.2) is 5.13 Å². The zero-order chi connectivity index (χ0) is 21.0. The Bertz CT molecular complexity index is 1090. The molecule has 2 heterocycles. The van der Waals surface area contributed by atoms with Crippen LogP contribution in [0.25, 0.3) is 0 Å². The number of aromatic nitrogens is 2. The molecule has 30 heavy (non-hydrogen) atoms. The second-order valence-electron chi connectivity index (χ2n) is 7.38. The van der Waals surface area contributed by atoms with Gasteiger partial charge < -0.3 is 15.2 Å². The molecule has 2 N–H and O–H groups in total. The number of anilines is 1. The van der Waals surface area contributed by atoms with Crippen molar-refractivity contribution in [3.05, 3.63) is 81.7 Å². The summed E-state index contributed by atoms with van der Waals surface area (Å²) in [7, 11) is 0. The monoisotopic (exact) mass is 422 g/mol. The molecular weight excluding hydrogens is 400 g/mol. The smallest absolute Gasteiger partial charge is 0.253 e. The van der Waals surface area contributed by atoms with Crippen molar-refractivity contribution in [3.8, 4) is 0 Å². The van der Waals surface area contributed by atoms with Crippen molar-refractivity contribution in [2.45, 2.75) is 37.8 Å². The van der Waals surface area contributed by atoms with Gasteiger partial charge in [-0.3, -0.25) is 14.4 Å². The quantitative estimate of drug-likeness (QED) is 0.638. The van der Waals surface area contributed by atoms with Gasteiger partial charge in [-0.05, 0) is 24.5 Å². The van der Waals surface area contributed by atoms with Crippen LogP contribution in [0.15, 0.2) is 65.0 Å². The zero-order valence-electron chi connectivity index (χ0n) is 16.3. The van der Waals surface area contributed by atoms with Gasteiger partial charge in [-0.1, -0.05) is 43.2 Å². The number of thiazole rings is 1. The standard InChI is InChI=1S/C22H22N4O3S/c27-18(24-21-23-12-13-30-21)15-26-14-16(8-9-19(26)28)20(29)25-22(10-4-5-11-22)17-6-2-1-3-7-17/h1-3,6-9,12-14H,4-5,10-11,15H2,(H,25,29)(H,23,24,27). The van der Waals surface area contributed by atoms with E-state index in [2.05, 4.69) is 15.6 Å². The van der Waals surface area contributed by atoms with Crippen molar-refractivity contribution in [2.75, 3.05) is 5.32 Å². The average Bonchev–Trinajstić information content (AvgIpc) is 3.43. The molecule has 0 unspecified atom stereocenters. The largest absolute Gasteiger partial charge is 0.342 e. The lowest BCUT2D eigenvalue weighted by atomic mass is 9.88. The summed E-state index contributed by atoms with van der Waals surface area (Å²) in [6.07, 6.45) is 6.87. The van der Waals surface area contributed by atoms with E-state index in [1.165, 1.54) is 34.2 Å². The predicted molar refractivity (Wildman–Crippen MR) is 115 cm³/mol. The van der Waals surface area contributed by atoms with Crippen molar-refractivity contribution < 1.29 is 9.59 Å². The Morgan fingerprint density at radius 1 is 1.10 bits per heavy atom. The molecular formula is C22H22N4O3S. The average molecular weight is 423 g/mol. The minimum absolute atomic E-state index is 0.191. The Labute approximate surface area is 177 Å². The van der Waals surface area contributed by atoms with Crippen molar-refractivity contribution in [1.82, 2.24) is 14.9 Å². The summed E-state index contributed by atoms with van der Waals surface area (Å²) in [6, 6.07) is 12.8. The topological polar surface area (TPSA) is 93.1 Å². The van der Waals surface area contributed by atoms with E-state index in [-0.39, 0.29) is 23.9 Å². The van der Waals surface area contributed by atoms with E-state index in [1.807, 2.05) is 30.3 Å². The molecule has 0 aliphatic heterocycles. The molecule has 3 aromatic rings. The maximum absolute atomic E-state index is 13.0. The van der Waals surface area contributed by atoms with E-state index in [9.17, 15) is 14.4 Å². The molecule has 0 radical (unpaired) electrons. The minimum Gasteiger partial charge on any atom is -0.342 e. The molecule has 7 nitrogen and oxygen atoms in total. The Morgan fingerprint density at radius 3 is 2.57 bits per heavy atom. The summed E-state index contributed by atoms with van der Waals surface area (Å²) in [5, 5.41) is 8.05. The molecule has 0 bridgehead atoms. The summed E-state index contributed by atoms with van der Waals surface area (Å²) >= 11 is 1.29. The molecule has 0 spiro atoms. The Morgan fingerprint density at radius 2 is 1.87 bits per heavy atom. The van der Waals surface area contributed by atoms with E-state index in [4.69, 9.17) is 0 Å². The van der Waals surface area contributed by atoms with Crippen LogP contribution in [0, 0.1) is 0 Å². The van der Waals surface area contributed by atoms with Crippen molar-refractivity contribution in [3.63, 3.8) is 0 Å². The molecule has 2 aromatic heterocycles. The number of hydrogen-bond donors (Lipinski definition) is 2. The molecule has 1 aliphatic rings. The highest BCUT2D eigenvalue weighted by molar-refractivity contribution is 7.13. The van der Waals surface area contributed by atoms with Gasteiger partial charge in [-0.2, -0.15) is 0 Å². The van der Waals surface area contributed by atoms with E-state index < -0.39 is 5.54 Å². The number of benzene rings is 1. The van der Waals surface area contributed by atoms with Gasteiger partial charge in [0.1, 0.15) is 6.54 Å². The number of nitrogens with zero attached hydrogens (tertiary/aromatic N) is 2. The fourth-order valence-electron chi connectivity index (χ4n) is 3.90. The molecule has 154 valence electrons. The molecule has 1 aliphatic carbocycles. The normalized spacial score (nSPS) is 14.9. The molecule has 4 rings (SSSR count). The van der Waals surface area contributed by atoms with Gasteiger partial charge >= 0.3 is 0 Å². The van der Waals surface area contributed by atoms with Crippen LogP contribution in [-0.4, -0.2) is 21.4 Å². The van der Waals surface area contributed by atoms with Crippen molar-refractivity contribution in [2.24, 2.45) is 0 Å². The number of hydrogen-bond acceptors (Lipinski definition) is 5. The first-order valence-electron chi connectivity index (χ1n) is 9.84. The Kier molecular flexibility index (Phi) is 5.76. The summed E-state index contributed by atoms with van der Waals surface area (Å²) < 4.78 is 1.24. The molecule has 2 amide bonds. The van der Waals surface area contributed by atoms with Crippen LogP contribution in [0.1, 0.15) is 41.6 Å². The second-order valence-corrected chi connectivity index (χ2v) is 8.27. The third-order valence-corrected chi connectivity index (χ3v) is 6.06. The van der Waals surface area contributed by atoms with Crippen LogP contribution in [0.4, 0.5) is 5.13 Å². The van der Waals surface area contributed by atoms with Crippen molar-refractivity contribution in [1.29, 1.82) is 0 Å². The van der Waals surface area contributed by atoms with Crippen LogP contribution >= 0.6 is 11.3 Å². The summed E-state index contributed by atoms with van der Waals surface area (Å²) in [5.41, 5.74) is 0.687. The zero-order valence-corrected chi connectivity index (χ0v) is 17.2. The first-order valence-corrected chi connectivity index (χ1v) is 10.7. The van der Waals surface area contributed by atoms with Crippen LogP contribution in [0.3, 0.4) is 0 Å². The number of nitrogens with one attached hydrogen (secondary N) is 2. The lowest BCUT2D eigenvalue weighted by molar-refractivity contribution is -0.116. The predicted octanol–water partition coefficient (Wildman–Crippen LogP) is 3.14. The summed E-state index contributed by atoms with van der Waals surface area (Å²) in [4.78, 5) is 41.5. The molecule has 0 atom stereocenters. The number of rotatable bonds is 6. The second kappa shape index (κ2) is 8.62. The van der Waals surface area contributed by atoms with Gasteiger partial charge in [-0.15, -0.1) is 11.3 Å². The number of carbonyl (C=O) groups excluding carboxylic acids is 2. The first-order chi connectivity index (χ1) is 14.6.